The van der Waals surface area contributed by atoms with Crippen molar-refractivity contribution in [2.75, 3.05) is 0 Å². The summed E-state index contributed by atoms with van der Waals surface area (Å²) in [6, 6.07) is 18.1. The second-order valence-corrected chi connectivity index (χ2v) is 15.7. The van der Waals surface area contributed by atoms with Gasteiger partial charge in [0.2, 0.25) is 0 Å². The molecule has 2 aromatic rings. The van der Waals surface area contributed by atoms with E-state index in [1.54, 1.807) is 24.3 Å². The molecular weight excluding hydrogens is 359 g/mol. The van der Waals surface area contributed by atoms with Crippen LogP contribution in [0.25, 0.3) is 0 Å². The van der Waals surface area contributed by atoms with Crippen LogP contribution in [0.15, 0.2) is 60.7 Å². The number of alkyl halides is 3. The zero-order chi connectivity index (χ0) is 18.9. The van der Waals surface area contributed by atoms with Crippen LogP contribution < -0.4 is 10.4 Å². The summed E-state index contributed by atoms with van der Waals surface area (Å²) in [7, 11) is -5.75. The minimum atomic E-state index is -4.89. The molecule has 0 unspecified atom stereocenters. The van der Waals surface area contributed by atoms with Crippen LogP contribution in [0.4, 0.5) is 13.2 Å². The number of amides is 1. The molecule has 0 aliphatic rings. The number of nitrogens with zero attached hydrogens (tertiary/aromatic N) is 1. The summed E-state index contributed by atoms with van der Waals surface area (Å²) < 4.78 is 41.5. The molecule has 0 aliphatic heterocycles. The maximum absolute atomic E-state index is 13.4. The van der Waals surface area contributed by atoms with Crippen LogP contribution in [0, 0.1) is 0 Å². The lowest BCUT2D eigenvalue weighted by molar-refractivity contribution is -0.177. The fourth-order valence-electron chi connectivity index (χ4n) is 3.28. The first-order valence-electron chi connectivity index (χ1n) is 8.01. The number of halogens is 3. The van der Waals surface area contributed by atoms with E-state index in [4.69, 9.17) is 0 Å². The quantitative estimate of drug-likeness (QED) is 0.741. The van der Waals surface area contributed by atoms with Crippen LogP contribution in [0.1, 0.15) is 0 Å². The summed E-state index contributed by atoms with van der Waals surface area (Å²) in [6.07, 6.45) is -4.89. The van der Waals surface area contributed by atoms with Gasteiger partial charge in [0.25, 0.3) is 0 Å². The average Bonchev–Trinajstić information content (AvgIpc) is 2.55. The molecule has 0 bridgehead atoms. The molecule has 0 saturated carbocycles. The Kier molecular flexibility index (Phi) is 5.29. The Morgan fingerprint density at radius 1 is 0.760 bits per heavy atom. The zero-order valence-corrected chi connectivity index (χ0v) is 16.8. The van der Waals surface area contributed by atoms with E-state index in [0.29, 0.717) is 0 Å². The average molecular weight is 382 g/mol. The minimum absolute atomic E-state index is 0.809. The third-order valence-corrected chi connectivity index (χ3v) is 14.0. The summed E-state index contributed by atoms with van der Waals surface area (Å²) in [5.41, 5.74) is 0. The van der Waals surface area contributed by atoms with Gasteiger partial charge in [0, 0.05) is 0 Å². The second-order valence-electron chi connectivity index (χ2n) is 6.99. The van der Waals surface area contributed by atoms with Gasteiger partial charge in [-0.2, -0.15) is 13.2 Å². The number of carbonyl (C=O) groups excluding carboxylic acids is 1. The first kappa shape index (κ1) is 19.5. The van der Waals surface area contributed by atoms with E-state index in [0.717, 1.165) is 10.4 Å². The van der Waals surface area contributed by atoms with E-state index < -0.39 is 28.6 Å². The highest BCUT2D eigenvalue weighted by atomic mass is 28.4. The summed E-state index contributed by atoms with van der Waals surface area (Å²) >= 11 is 0. The molecule has 2 aromatic carbocycles. The van der Waals surface area contributed by atoms with Gasteiger partial charge in [-0.3, -0.25) is 4.79 Å². The standard InChI is InChI=1S/C18H22F3NOSi2/c1-24(2,15-11-7-5-8-12-15)22(17(23)18(19,20)21)25(3,4)16-13-9-6-10-14-16/h5-14H,1-4H3. The molecule has 0 fully saturated rings. The zero-order valence-electron chi connectivity index (χ0n) is 14.8. The smallest absolute Gasteiger partial charge is 0.380 e. The number of benzene rings is 2. The van der Waals surface area contributed by atoms with Gasteiger partial charge in [-0.05, 0) is 36.6 Å². The van der Waals surface area contributed by atoms with E-state index in [-0.39, 0.29) is 0 Å². The van der Waals surface area contributed by atoms with Gasteiger partial charge in [0.1, 0.15) is 0 Å². The predicted octanol–water partition coefficient (Wildman–Crippen LogP) is 3.60. The van der Waals surface area contributed by atoms with Crippen molar-refractivity contribution >= 4 is 32.8 Å². The normalized spacial score (nSPS) is 12.8. The molecule has 7 heteroatoms. The molecule has 0 atom stereocenters. The lowest BCUT2D eigenvalue weighted by atomic mass is 10.4. The third-order valence-electron chi connectivity index (χ3n) is 4.52. The molecule has 0 saturated heterocycles. The number of hydrogen-bond donors (Lipinski definition) is 0. The van der Waals surface area contributed by atoms with Crippen LogP contribution in [-0.2, 0) is 4.79 Å². The van der Waals surface area contributed by atoms with E-state index >= 15 is 0 Å². The number of rotatable bonds is 4. The summed E-state index contributed by atoms with van der Waals surface area (Å²) in [4.78, 5) is 12.5. The maximum Gasteiger partial charge on any atom is 0.469 e. The van der Waals surface area contributed by atoms with Crippen molar-refractivity contribution in [2.24, 2.45) is 0 Å². The molecule has 0 heterocycles. The van der Waals surface area contributed by atoms with Crippen molar-refractivity contribution in [2.45, 2.75) is 32.4 Å². The molecular formula is C18H22F3NOSi2. The van der Waals surface area contributed by atoms with Crippen molar-refractivity contribution in [3.05, 3.63) is 60.7 Å². The third kappa shape index (κ3) is 3.87. The lowest BCUT2D eigenvalue weighted by Gasteiger charge is -2.47. The molecule has 0 aromatic heterocycles. The molecule has 0 N–H and O–H groups in total. The highest BCUT2D eigenvalue weighted by Gasteiger charge is 2.54. The van der Waals surface area contributed by atoms with Gasteiger partial charge in [0.05, 0.1) is 0 Å². The highest BCUT2D eigenvalue weighted by Crippen LogP contribution is 2.28. The largest absolute Gasteiger partial charge is 0.469 e. The van der Waals surface area contributed by atoms with E-state index in [1.165, 1.54) is 4.23 Å². The Labute approximate surface area is 148 Å². The Morgan fingerprint density at radius 3 is 1.36 bits per heavy atom. The Balaban J connectivity index is 2.64. The molecule has 2 nitrogen and oxygen atoms in total. The lowest BCUT2D eigenvalue weighted by Crippen LogP contribution is -2.74. The van der Waals surface area contributed by atoms with Crippen molar-refractivity contribution < 1.29 is 18.0 Å². The Morgan fingerprint density at radius 2 is 1.08 bits per heavy atom. The van der Waals surface area contributed by atoms with Crippen molar-refractivity contribution in [3.63, 3.8) is 0 Å². The maximum atomic E-state index is 13.4. The van der Waals surface area contributed by atoms with Gasteiger partial charge in [-0.25, -0.2) is 0 Å². The van der Waals surface area contributed by atoms with Crippen molar-refractivity contribution in [1.29, 1.82) is 0 Å². The van der Waals surface area contributed by atoms with E-state index in [1.807, 2.05) is 62.6 Å². The Hall–Kier alpha value is -1.87. The minimum Gasteiger partial charge on any atom is -0.380 e. The SMILES string of the molecule is C[Si](C)(c1ccccc1)N(C(=O)C(F)(F)F)[Si](C)(C)c1ccccc1. The van der Waals surface area contributed by atoms with Gasteiger partial charge < -0.3 is 4.23 Å². The molecule has 0 radical (unpaired) electrons. The second kappa shape index (κ2) is 6.80. The molecule has 0 aliphatic carbocycles. The molecule has 2 rings (SSSR count). The topological polar surface area (TPSA) is 20.3 Å². The van der Waals surface area contributed by atoms with Gasteiger partial charge in [0.15, 0.2) is 16.5 Å². The van der Waals surface area contributed by atoms with Crippen LogP contribution >= 0.6 is 0 Å². The first-order chi connectivity index (χ1) is 11.5. The number of carbonyl (C=O) groups is 1. The van der Waals surface area contributed by atoms with Crippen LogP contribution in [-0.4, -0.2) is 32.8 Å². The first-order valence-corrected chi connectivity index (χ1v) is 13.9. The highest BCUT2D eigenvalue weighted by molar-refractivity contribution is 7.04. The fourth-order valence-corrected chi connectivity index (χ4v) is 13.5. The van der Waals surface area contributed by atoms with Crippen LogP contribution in [0.5, 0.6) is 0 Å². The van der Waals surface area contributed by atoms with Crippen LogP contribution in [0.3, 0.4) is 0 Å². The Bertz CT molecular complexity index is 679. The summed E-state index contributed by atoms with van der Waals surface area (Å²) in [5, 5.41) is 1.62. The summed E-state index contributed by atoms with van der Waals surface area (Å²) in [6.45, 7) is 7.24. The molecule has 25 heavy (non-hydrogen) atoms. The van der Waals surface area contributed by atoms with Gasteiger partial charge in [-0.1, -0.05) is 60.7 Å². The van der Waals surface area contributed by atoms with Crippen molar-refractivity contribution in [1.82, 2.24) is 4.23 Å². The predicted molar refractivity (Wildman–Crippen MR) is 100 cm³/mol. The molecule has 134 valence electrons. The summed E-state index contributed by atoms with van der Waals surface area (Å²) in [5.74, 6) is -1.73. The van der Waals surface area contributed by atoms with Crippen LogP contribution in [0.2, 0.25) is 26.2 Å². The fraction of sp³-hybridized carbons (Fsp3) is 0.278. The van der Waals surface area contributed by atoms with Gasteiger partial charge in [-0.15, -0.1) is 0 Å². The monoisotopic (exact) mass is 381 g/mol. The molecule has 1 amide bonds. The van der Waals surface area contributed by atoms with Crippen molar-refractivity contribution in [3.8, 4) is 0 Å². The van der Waals surface area contributed by atoms with E-state index in [2.05, 4.69) is 0 Å². The molecule has 0 spiro atoms. The number of hydrogen-bond acceptors (Lipinski definition) is 1. The van der Waals surface area contributed by atoms with Gasteiger partial charge >= 0.3 is 12.1 Å². The van der Waals surface area contributed by atoms with E-state index in [9.17, 15) is 18.0 Å².